The molecule has 2 rings (SSSR count). The Labute approximate surface area is 120 Å². The normalized spacial score (nSPS) is 15.9. The molecule has 1 atom stereocenters. The zero-order chi connectivity index (χ0) is 14.5. The molecule has 110 valence electrons. The second kappa shape index (κ2) is 6.84. The highest BCUT2D eigenvalue weighted by atomic mass is 19.1. The lowest BCUT2D eigenvalue weighted by Crippen LogP contribution is -2.45. The van der Waals surface area contributed by atoms with Crippen LogP contribution in [-0.2, 0) is 11.2 Å². The van der Waals surface area contributed by atoms with Gasteiger partial charge in [-0.2, -0.15) is 0 Å². The molecule has 20 heavy (non-hydrogen) atoms. The van der Waals surface area contributed by atoms with Crippen molar-refractivity contribution in [3.05, 3.63) is 35.6 Å². The van der Waals surface area contributed by atoms with Crippen LogP contribution in [0.4, 0.5) is 4.39 Å². The van der Waals surface area contributed by atoms with E-state index in [-0.39, 0.29) is 11.7 Å². The van der Waals surface area contributed by atoms with Crippen molar-refractivity contribution in [3.8, 4) is 0 Å². The average Bonchev–Trinajstić information content (AvgIpc) is 3.24. The Morgan fingerprint density at radius 3 is 2.85 bits per heavy atom. The van der Waals surface area contributed by atoms with E-state index in [4.69, 9.17) is 5.73 Å². The van der Waals surface area contributed by atoms with Crippen LogP contribution in [0.25, 0.3) is 0 Å². The van der Waals surface area contributed by atoms with Gasteiger partial charge in [0, 0.05) is 12.6 Å². The standard InChI is InChI=1S/C16H23FN2O/c1-2-4-15(18)16(20)19(14-7-8-14)10-9-12-5-3-6-13(17)11-12/h3,5-6,11,14-15H,2,4,7-10,18H2,1H3. The quantitative estimate of drug-likeness (QED) is 0.833. The van der Waals surface area contributed by atoms with E-state index in [9.17, 15) is 9.18 Å². The second-order valence-corrected chi connectivity index (χ2v) is 5.54. The summed E-state index contributed by atoms with van der Waals surface area (Å²) in [5.41, 5.74) is 6.86. The maximum absolute atomic E-state index is 13.1. The Balaban J connectivity index is 1.94. The number of halogens is 1. The van der Waals surface area contributed by atoms with E-state index in [0.29, 0.717) is 19.0 Å². The van der Waals surface area contributed by atoms with Gasteiger partial charge in [0.25, 0.3) is 0 Å². The minimum atomic E-state index is -0.395. The highest BCUT2D eigenvalue weighted by molar-refractivity contribution is 5.82. The van der Waals surface area contributed by atoms with Crippen molar-refractivity contribution in [1.29, 1.82) is 0 Å². The van der Waals surface area contributed by atoms with Crippen molar-refractivity contribution >= 4 is 5.91 Å². The number of hydrogen-bond acceptors (Lipinski definition) is 2. The van der Waals surface area contributed by atoms with Crippen molar-refractivity contribution in [2.45, 2.75) is 51.1 Å². The predicted molar refractivity (Wildman–Crippen MR) is 77.7 cm³/mol. The number of amides is 1. The van der Waals surface area contributed by atoms with Crippen LogP contribution in [0.3, 0.4) is 0 Å². The average molecular weight is 278 g/mol. The van der Waals surface area contributed by atoms with Gasteiger partial charge in [0.1, 0.15) is 5.82 Å². The smallest absolute Gasteiger partial charge is 0.239 e. The fourth-order valence-electron chi connectivity index (χ4n) is 2.45. The molecule has 4 heteroatoms. The fraction of sp³-hybridized carbons (Fsp3) is 0.562. The monoisotopic (exact) mass is 278 g/mol. The molecule has 0 aromatic heterocycles. The number of carbonyl (C=O) groups is 1. The molecule has 0 radical (unpaired) electrons. The first kappa shape index (κ1) is 15.0. The molecule has 0 bridgehead atoms. The number of nitrogens with zero attached hydrogens (tertiary/aromatic N) is 1. The van der Waals surface area contributed by atoms with Gasteiger partial charge >= 0.3 is 0 Å². The number of nitrogens with two attached hydrogens (primary N) is 1. The van der Waals surface area contributed by atoms with Crippen LogP contribution in [0.2, 0.25) is 0 Å². The van der Waals surface area contributed by atoms with Crippen LogP contribution >= 0.6 is 0 Å². The largest absolute Gasteiger partial charge is 0.338 e. The molecule has 0 aliphatic heterocycles. The molecule has 0 saturated heterocycles. The first-order chi connectivity index (χ1) is 9.61. The number of rotatable bonds is 7. The van der Waals surface area contributed by atoms with Crippen LogP contribution in [-0.4, -0.2) is 29.4 Å². The topological polar surface area (TPSA) is 46.3 Å². The maximum Gasteiger partial charge on any atom is 0.239 e. The Morgan fingerprint density at radius 1 is 1.50 bits per heavy atom. The van der Waals surface area contributed by atoms with E-state index in [0.717, 1.165) is 31.2 Å². The number of carbonyl (C=O) groups excluding carboxylic acids is 1. The maximum atomic E-state index is 13.1. The van der Waals surface area contributed by atoms with Gasteiger partial charge in [-0.1, -0.05) is 25.5 Å². The minimum Gasteiger partial charge on any atom is -0.338 e. The molecule has 1 aliphatic rings. The summed E-state index contributed by atoms with van der Waals surface area (Å²) in [5, 5.41) is 0. The molecule has 1 amide bonds. The first-order valence-electron chi connectivity index (χ1n) is 7.42. The summed E-state index contributed by atoms with van der Waals surface area (Å²) in [5.74, 6) is -0.180. The predicted octanol–water partition coefficient (Wildman–Crippen LogP) is 2.49. The Kier molecular flexibility index (Phi) is 5.12. The highest BCUT2D eigenvalue weighted by Gasteiger charge is 2.34. The van der Waals surface area contributed by atoms with Gasteiger partial charge in [-0.05, 0) is 43.4 Å². The van der Waals surface area contributed by atoms with Gasteiger partial charge in [-0.25, -0.2) is 4.39 Å². The van der Waals surface area contributed by atoms with E-state index in [1.165, 1.54) is 12.1 Å². The van der Waals surface area contributed by atoms with Crippen LogP contribution in [0.15, 0.2) is 24.3 Å². The molecule has 1 unspecified atom stereocenters. The van der Waals surface area contributed by atoms with Crippen molar-refractivity contribution in [1.82, 2.24) is 4.90 Å². The third-order valence-corrected chi connectivity index (χ3v) is 3.72. The van der Waals surface area contributed by atoms with Crippen molar-refractivity contribution in [2.75, 3.05) is 6.54 Å². The molecule has 1 saturated carbocycles. The number of benzene rings is 1. The lowest BCUT2D eigenvalue weighted by atomic mass is 10.1. The summed E-state index contributed by atoms with van der Waals surface area (Å²) < 4.78 is 13.1. The molecule has 1 aromatic carbocycles. The molecule has 3 nitrogen and oxygen atoms in total. The van der Waals surface area contributed by atoms with E-state index in [1.807, 2.05) is 17.9 Å². The van der Waals surface area contributed by atoms with Gasteiger partial charge in [-0.15, -0.1) is 0 Å². The molecule has 0 heterocycles. The summed E-state index contributed by atoms with van der Waals surface area (Å²) in [6, 6.07) is 6.51. The van der Waals surface area contributed by atoms with Gasteiger partial charge in [-0.3, -0.25) is 4.79 Å². The van der Waals surface area contributed by atoms with Crippen LogP contribution in [0, 0.1) is 5.82 Å². The summed E-state index contributed by atoms with van der Waals surface area (Å²) in [6.07, 6.45) is 4.44. The lowest BCUT2D eigenvalue weighted by molar-refractivity contribution is -0.133. The van der Waals surface area contributed by atoms with Gasteiger partial charge < -0.3 is 10.6 Å². The van der Waals surface area contributed by atoms with Crippen LogP contribution < -0.4 is 5.73 Å². The van der Waals surface area contributed by atoms with Gasteiger partial charge in [0.2, 0.25) is 5.91 Å². The Morgan fingerprint density at radius 2 is 2.25 bits per heavy atom. The van der Waals surface area contributed by atoms with Crippen LogP contribution in [0.5, 0.6) is 0 Å². The van der Waals surface area contributed by atoms with Crippen molar-refractivity contribution < 1.29 is 9.18 Å². The summed E-state index contributed by atoms with van der Waals surface area (Å²) >= 11 is 0. The zero-order valence-corrected chi connectivity index (χ0v) is 12.0. The van der Waals surface area contributed by atoms with E-state index in [2.05, 4.69) is 0 Å². The molecule has 1 fully saturated rings. The molecule has 2 N–H and O–H groups in total. The summed E-state index contributed by atoms with van der Waals surface area (Å²) in [7, 11) is 0. The fourth-order valence-corrected chi connectivity index (χ4v) is 2.45. The molecular weight excluding hydrogens is 255 g/mol. The van der Waals surface area contributed by atoms with Crippen molar-refractivity contribution in [2.24, 2.45) is 5.73 Å². The Bertz CT molecular complexity index is 460. The first-order valence-corrected chi connectivity index (χ1v) is 7.42. The number of hydrogen-bond donors (Lipinski definition) is 1. The van der Waals surface area contributed by atoms with Crippen molar-refractivity contribution in [3.63, 3.8) is 0 Å². The van der Waals surface area contributed by atoms with Gasteiger partial charge in [0.05, 0.1) is 6.04 Å². The molecule has 1 aromatic rings. The molecule has 0 spiro atoms. The summed E-state index contributed by atoms with van der Waals surface area (Å²) in [6.45, 7) is 2.66. The molecule has 1 aliphatic carbocycles. The minimum absolute atomic E-state index is 0.0470. The van der Waals surface area contributed by atoms with Crippen LogP contribution in [0.1, 0.15) is 38.2 Å². The van der Waals surface area contributed by atoms with E-state index >= 15 is 0 Å². The highest BCUT2D eigenvalue weighted by Crippen LogP contribution is 2.27. The zero-order valence-electron chi connectivity index (χ0n) is 12.0. The summed E-state index contributed by atoms with van der Waals surface area (Å²) in [4.78, 5) is 14.2. The SMILES string of the molecule is CCCC(N)C(=O)N(CCc1cccc(F)c1)C1CC1. The molecular formula is C16H23FN2O. The third kappa shape index (κ3) is 4.04. The third-order valence-electron chi connectivity index (χ3n) is 3.72. The Hall–Kier alpha value is -1.42. The lowest BCUT2D eigenvalue weighted by Gasteiger charge is -2.25. The van der Waals surface area contributed by atoms with E-state index < -0.39 is 6.04 Å². The van der Waals surface area contributed by atoms with Gasteiger partial charge in [0.15, 0.2) is 0 Å². The second-order valence-electron chi connectivity index (χ2n) is 5.54. The van der Waals surface area contributed by atoms with E-state index in [1.54, 1.807) is 6.07 Å².